The van der Waals surface area contributed by atoms with Crippen molar-refractivity contribution in [1.82, 2.24) is 15.8 Å². The quantitative estimate of drug-likeness (QED) is 0.839. The number of carbonyl (C=O) groups is 2. The smallest absolute Gasteiger partial charge is 0.246 e. The molecule has 0 radical (unpaired) electrons. The summed E-state index contributed by atoms with van der Waals surface area (Å²) in [5, 5.41) is 4.88. The molecule has 24 heavy (non-hydrogen) atoms. The highest BCUT2D eigenvalue weighted by atomic mass is 35.5. The molecule has 2 amide bonds. The van der Waals surface area contributed by atoms with E-state index in [0.717, 1.165) is 11.1 Å². The van der Waals surface area contributed by atoms with E-state index in [0.29, 0.717) is 11.6 Å². The average Bonchev–Trinajstić information content (AvgIpc) is 3.09. The van der Waals surface area contributed by atoms with Crippen molar-refractivity contribution >= 4 is 23.4 Å². The van der Waals surface area contributed by atoms with Crippen LogP contribution in [-0.4, -0.2) is 22.9 Å². The van der Waals surface area contributed by atoms with Crippen LogP contribution in [0.4, 0.5) is 0 Å². The van der Waals surface area contributed by atoms with Crippen molar-refractivity contribution in [2.45, 2.75) is 18.6 Å². The number of benzene rings is 2. The lowest BCUT2D eigenvalue weighted by Crippen LogP contribution is -2.43. The van der Waals surface area contributed by atoms with Crippen molar-refractivity contribution < 1.29 is 9.59 Å². The van der Waals surface area contributed by atoms with Crippen LogP contribution in [0, 0.1) is 5.92 Å². The van der Waals surface area contributed by atoms with Gasteiger partial charge < -0.3 is 0 Å². The third-order valence-corrected chi connectivity index (χ3v) is 4.94. The molecule has 0 bridgehead atoms. The summed E-state index contributed by atoms with van der Waals surface area (Å²) in [6.45, 7) is 0.531. The molecule has 2 saturated heterocycles. The minimum Gasteiger partial charge on any atom is -0.295 e. The Morgan fingerprint density at radius 3 is 2.42 bits per heavy atom. The topological polar surface area (TPSA) is 61.4 Å². The molecule has 4 rings (SSSR count). The van der Waals surface area contributed by atoms with Gasteiger partial charge in [0.1, 0.15) is 6.04 Å². The molecule has 2 aromatic carbocycles. The van der Waals surface area contributed by atoms with Crippen LogP contribution in [-0.2, 0) is 16.1 Å². The average molecular weight is 342 g/mol. The van der Waals surface area contributed by atoms with Gasteiger partial charge in [-0.2, -0.15) is 0 Å². The molecule has 2 aromatic rings. The molecule has 2 fully saturated rings. The van der Waals surface area contributed by atoms with Crippen LogP contribution in [0.15, 0.2) is 54.6 Å². The molecule has 2 heterocycles. The highest BCUT2D eigenvalue weighted by molar-refractivity contribution is 6.31. The van der Waals surface area contributed by atoms with Gasteiger partial charge in [-0.3, -0.25) is 14.9 Å². The van der Waals surface area contributed by atoms with Gasteiger partial charge in [-0.05, 0) is 17.2 Å². The monoisotopic (exact) mass is 341 g/mol. The Bertz CT molecular complexity index is 796. The van der Waals surface area contributed by atoms with E-state index in [9.17, 15) is 9.59 Å². The molecule has 122 valence electrons. The maximum atomic E-state index is 12.3. The first-order chi connectivity index (χ1) is 11.6. The van der Waals surface area contributed by atoms with Gasteiger partial charge in [0.2, 0.25) is 11.8 Å². The summed E-state index contributed by atoms with van der Waals surface area (Å²) in [4.78, 5) is 24.6. The van der Waals surface area contributed by atoms with E-state index in [1.54, 1.807) is 6.07 Å². The van der Waals surface area contributed by atoms with Crippen LogP contribution in [0.5, 0.6) is 0 Å². The first kappa shape index (κ1) is 15.3. The van der Waals surface area contributed by atoms with Crippen LogP contribution >= 0.6 is 11.6 Å². The number of hydrogen-bond donors (Lipinski definition) is 2. The molecule has 0 unspecified atom stereocenters. The second-order valence-corrected chi connectivity index (χ2v) is 6.47. The lowest BCUT2D eigenvalue weighted by Gasteiger charge is -2.22. The molecular weight excluding hydrogens is 326 g/mol. The lowest BCUT2D eigenvalue weighted by atomic mass is 9.91. The number of nitrogens with zero attached hydrogens (tertiary/aromatic N) is 1. The largest absolute Gasteiger partial charge is 0.295 e. The van der Waals surface area contributed by atoms with Gasteiger partial charge in [0.05, 0.1) is 12.0 Å². The van der Waals surface area contributed by atoms with Crippen LogP contribution < -0.4 is 10.7 Å². The fourth-order valence-electron chi connectivity index (χ4n) is 3.51. The Hall–Kier alpha value is -2.21. The maximum Gasteiger partial charge on any atom is 0.246 e. The van der Waals surface area contributed by atoms with E-state index in [1.807, 2.05) is 53.5 Å². The van der Waals surface area contributed by atoms with E-state index in [4.69, 9.17) is 11.6 Å². The number of amides is 2. The Morgan fingerprint density at radius 1 is 0.958 bits per heavy atom. The van der Waals surface area contributed by atoms with E-state index in [1.165, 1.54) is 0 Å². The van der Waals surface area contributed by atoms with E-state index < -0.39 is 12.0 Å². The summed E-state index contributed by atoms with van der Waals surface area (Å²) in [7, 11) is 0. The van der Waals surface area contributed by atoms with Crippen molar-refractivity contribution in [1.29, 1.82) is 0 Å². The highest BCUT2D eigenvalue weighted by Gasteiger charge is 2.55. The zero-order valence-electron chi connectivity index (χ0n) is 12.8. The van der Waals surface area contributed by atoms with Gasteiger partial charge in [0.25, 0.3) is 0 Å². The molecule has 6 heteroatoms. The second-order valence-electron chi connectivity index (χ2n) is 6.07. The van der Waals surface area contributed by atoms with Gasteiger partial charge in [-0.1, -0.05) is 60.1 Å². The summed E-state index contributed by atoms with van der Waals surface area (Å²) in [5.41, 5.74) is 5.22. The minimum absolute atomic E-state index is 0.252. The molecule has 0 aliphatic carbocycles. The number of hydrogen-bond acceptors (Lipinski definition) is 4. The molecule has 5 nitrogen and oxygen atoms in total. The van der Waals surface area contributed by atoms with Gasteiger partial charge in [0.15, 0.2) is 0 Å². The molecule has 2 aliphatic heterocycles. The fourth-order valence-corrected chi connectivity index (χ4v) is 3.76. The number of carbonyl (C=O) groups excluding carboxylic acids is 2. The van der Waals surface area contributed by atoms with Crippen LogP contribution in [0.25, 0.3) is 0 Å². The van der Waals surface area contributed by atoms with Crippen molar-refractivity contribution in [3.05, 3.63) is 70.7 Å². The molecule has 2 aliphatic rings. The Kier molecular flexibility index (Phi) is 3.84. The predicted molar refractivity (Wildman–Crippen MR) is 89.7 cm³/mol. The predicted octanol–water partition coefficient (Wildman–Crippen LogP) is 2.04. The third kappa shape index (κ3) is 2.51. The summed E-state index contributed by atoms with van der Waals surface area (Å²) in [5.74, 6) is -0.998. The molecule has 0 aromatic heterocycles. The first-order valence-corrected chi connectivity index (χ1v) is 8.19. The summed E-state index contributed by atoms with van der Waals surface area (Å²) >= 11 is 6.31. The van der Waals surface area contributed by atoms with E-state index >= 15 is 0 Å². The zero-order chi connectivity index (χ0) is 16.7. The van der Waals surface area contributed by atoms with Crippen LogP contribution in [0.2, 0.25) is 5.02 Å². The molecule has 3 atom stereocenters. The number of halogens is 1. The minimum atomic E-state index is -0.529. The molecule has 2 N–H and O–H groups in total. The van der Waals surface area contributed by atoms with E-state index in [2.05, 4.69) is 10.7 Å². The number of imide groups is 1. The molecular formula is C18H16ClN3O2. The number of rotatable bonds is 3. The van der Waals surface area contributed by atoms with Crippen molar-refractivity contribution in [2.24, 2.45) is 5.92 Å². The van der Waals surface area contributed by atoms with Crippen molar-refractivity contribution in [3.63, 3.8) is 0 Å². The summed E-state index contributed by atoms with van der Waals surface area (Å²) in [6.07, 6.45) is 0. The molecule has 0 saturated carbocycles. The number of fused-ring (bicyclic) bond motifs is 1. The number of hydrazine groups is 1. The van der Waals surface area contributed by atoms with Gasteiger partial charge in [-0.15, -0.1) is 0 Å². The number of nitrogens with one attached hydrogen (secondary N) is 2. The SMILES string of the molecule is O=C1NC(=O)[C@H]2[C@H]1[C@H](c1ccccc1Cl)NN2Cc1ccccc1. The van der Waals surface area contributed by atoms with Crippen LogP contribution in [0.3, 0.4) is 0 Å². The third-order valence-electron chi connectivity index (χ3n) is 4.59. The standard InChI is InChI=1S/C18H16ClN3O2/c19-13-9-5-4-8-12(13)15-14-16(18(24)20-17(14)23)22(21-15)10-11-6-2-1-3-7-11/h1-9,14-16,21H,10H2,(H,20,23,24)/t14-,15+,16-/m1/s1. The van der Waals surface area contributed by atoms with Gasteiger partial charge in [-0.25, -0.2) is 10.4 Å². The summed E-state index contributed by atoms with van der Waals surface area (Å²) < 4.78 is 0. The Morgan fingerprint density at radius 2 is 1.67 bits per heavy atom. The van der Waals surface area contributed by atoms with Gasteiger partial charge in [0, 0.05) is 11.6 Å². The normalized spacial score (nSPS) is 26.5. The van der Waals surface area contributed by atoms with Gasteiger partial charge >= 0.3 is 0 Å². The highest BCUT2D eigenvalue weighted by Crippen LogP contribution is 2.39. The Balaban J connectivity index is 1.69. The zero-order valence-corrected chi connectivity index (χ0v) is 13.5. The van der Waals surface area contributed by atoms with Crippen molar-refractivity contribution in [2.75, 3.05) is 0 Å². The summed E-state index contributed by atoms with van der Waals surface area (Å²) in [6, 6.07) is 16.4. The lowest BCUT2D eigenvalue weighted by molar-refractivity contribution is -0.127. The Labute approximate surface area is 144 Å². The fraction of sp³-hybridized carbons (Fsp3) is 0.222. The van der Waals surface area contributed by atoms with E-state index in [-0.39, 0.29) is 17.9 Å². The molecule has 0 spiro atoms. The second kappa shape index (κ2) is 6.02. The van der Waals surface area contributed by atoms with Crippen LogP contribution in [0.1, 0.15) is 17.2 Å². The van der Waals surface area contributed by atoms with Crippen molar-refractivity contribution in [3.8, 4) is 0 Å². The first-order valence-electron chi connectivity index (χ1n) is 7.81. The maximum absolute atomic E-state index is 12.3.